The van der Waals surface area contributed by atoms with Gasteiger partial charge in [0, 0.05) is 26.2 Å². The standard InChI is InChI=1S/C16H25FN4.HI/c1-18-16(20-12-15-7-4-10-21(15)2)19-9-8-13-5-3-6-14(17)11-13;/h3,5-6,11,15H,4,7-10,12H2,1-2H3,(H2,18,19,20);1H. The molecule has 0 spiro atoms. The molecular weight excluding hydrogens is 394 g/mol. The van der Waals surface area contributed by atoms with Gasteiger partial charge >= 0.3 is 0 Å². The highest BCUT2D eigenvalue weighted by molar-refractivity contribution is 14.0. The van der Waals surface area contributed by atoms with Crippen molar-refractivity contribution in [2.45, 2.75) is 25.3 Å². The van der Waals surface area contributed by atoms with Gasteiger partial charge in [0.05, 0.1) is 0 Å². The lowest BCUT2D eigenvalue weighted by Gasteiger charge is -2.21. The largest absolute Gasteiger partial charge is 0.356 e. The van der Waals surface area contributed by atoms with Crippen molar-refractivity contribution in [2.24, 2.45) is 4.99 Å². The fraction of sp³-hybridized carbons (Fsp3) is 0.562. The van der Waals surface area contributed by atoms with Gasteiger partial charge in [-0.25, -0.2) is 4.39 Å². The van der Waals surface area contributed by atoms with Gasteiger partial charge in [0.25, 0.3) is 0 Å². The highest BCUT2D eigenvalue weighted by atomic mass is 127. The lowest BCUT2D eigenvalue weighted by Crippen LogP contribution is -2.44. The number of rotatable bonds is 5. The smallest absolute Gasteiger partial charge is 0.191 e. The first-order chi connectivity index (χ1) is 10.2. The molecule has 22 heavy (non-hydrogen) atoms. The topological polar surface area (TPSA) is 39.7 Å². The molecular formula is C16H26FIN4. The lowest BCUT2D eigenvalue weighted by molar-refractivity contribution is 0.309. The number of benzene rings is 1. The molecule has 0 amide bonds. The first-order valence-corrected chi connectivity index (χ1v) is 7.58. The molecule has 1 fully saturated rings. The van der Waals surface area contributed by atoms with Crippen LogP contribution in [0.2, 0.25) is 0 Å². The third-order valence-corrected chi connectivity index (χ3v) is 4.00. The summed E-state index contributed by atoms with van der Waals surface area (Å²) < 4.78 is 13.1. The van der Waals surface area contributed by atoms with E-state index in [0.29, 0.717) is 6.04 Å². The number of hydrogen-bond acceptors (Lipinski definition) is 2. The number of likely N-dealkylation sites (N-methyl/N-ethyl adjacent to an activating group) is 1. The van der Waals surface area contributed by atoms with E-state index in [1.807, 2.05) is 6.07 Å². The van der Waals surface area contributed by atoms with Gasteiger partial charge in [-0.1, -0.05) is 12.1 Å². The first kappa shape index (κ1) is 19.2. The normalized spacial score (nSPS) is 18.9. The Morgan fingerprint density at radius 1 is 1.41 bits per heavy atom. The summed E-state index contributed by atoms with van der Waals surface area (Å²) in [7, 11) is 3.94. The van der Waals surface area contributed by atoms with E-state index < -0.39 is 0 Å². The molecule has 1 aromatic carbocycles. The van der Waals surface area contributed by atoms with Crippen LogP contribution in [-0.4, -0.2) is 50.6 Å². The summed E-state index contributed by atoms with van der Waals surface area (Å²) in [6.45, 7) is 2.83. The first-order valence-electron chi connectivity index (χ1n) is 7.58. The minimum absolute atomic E-state index is 0. The summed E-state index contributed by atoms with van der Waals surface area (Å²) in [6.07, 6.45) is 3.29. The second-order valence-corrected chi connectivity index (χ2v) is 5.54. The molecule has 1 heterocycles. The molecule has 1 aromatic rings. The number of halogens is 2. The fourth-order valence-corrected chi connectivity index (χ4v) is 2.69. The maximum Gasteiger partial charge on any atom is 0.191 e. The highest BCUT2D eigenvalue weighted by Crippen LogP contribution is 2.13. The minimum atomic E-state index is -0.181. The maximum absolute atomic E-state index is 13.1. The average Bonchev–Trinajstić information content (AvgIpc) is 2.88. The zero-order valence-electron chi connectivity index (χ0n) is 13.3. The Hall–Kier alpha value is -0.890. The van der Waals surface area contributed by atoms with Crippen molar-refractivity contribution < 1.29 is 4.39 Å². The van der Waals surface area contributed by atoms with Gasteiger partial charge in [-0.2, -0.15) is 0 Å². The molecule has 0 radical (unpaired) electrons. The molecule has 124 valence electrons. The van der Waals surface area contributed by atoms with Gasteiger partial charge in [-0.05, 0) is 50.6 Å². The van der Waals surface area contributed by atoms with Crippen LogP contribution in [0.25, 0.3) is 0 Å². The van der Waals surface area contributed by atoms with Crippen LogP contribution >= 0.6 is 24.0 Å². The molecule has 0 saturated carbocycles. The van der Waals surface area contributed by atoms with Crippen LogP contribution in [0.3, 0.4) is 0 Å². The molecule has 2 N–H and O–H groups in total. The van der Waals surface area contributed by atoms with Crippen LogP contribution in [0.5, 0.6) is 0 Å². The predicted octanol–water partition coefficient (Wildman–Crippen LogP) is 2.25. The monoisotopic (exact) mass is 420 g/mol. The van der Waals surface area contributed by atoms with E-state index in [9.17, 15) is 4.39 Å². The quantitative estimate of drug-likeness (QED) is 0.436. The predicted molar refractivity (Wildman–Crippen MR) is 101 cm³/mol. The molecule has 0 bridgehead atoms. The summed E-state index contributed by atoms with van der Waals surface area (Å²) >= 11 is 0. The van der Waals surface area contributed by atoms with Crippen molar-refractivity contribution in [3.05, 3.63) is 35.6 Å². The Kier molecular flexibility index (Phi) is 8.70. The highest BCUT2D eigenvalue weighted by Gasteiger charge is 2.20. The Balaban J connectivity index is 0.00000242. The Morgan fingerprint density at radius 2 is 2.23 bits per heavy atom. The van der Waals surface area contributed by atoms with E-state index in [-0.39, 0.29) is 29.8 Å². The second-order valence-electron chi connectivity index (χ2n) is 5.54. The van der Waals surface area contributed by atoms with Gasteiger partial charge in [0.2, 0.25) is 0 Å². The molecule has 1 unspecified atom stereocenters. The number of guanidine groups is 1. The third kappa shape index (κ3) is 6.08. The summed E-state index contributed by atoms with van der Waals surface area (Å²) in [5.41, 5.74) is 0.994. The molecule has 4 nitrogen and oxygen atoms in total. The van der Waals surface area contributed by atoms with Crippen LogP contribution in [-0.2, 0) is 6.42 Å². The van der Waals surface area contributed by atoms with Gasteiger partial charge in [0.1, 0.15) is 5.82 Å². The van der Waals surface area contributed by atoms with Crippen LogP contribution in [0.4, 0.5) is 4.39 Å². The van der Waals surface area contributed by atoms with Crippen molar-refractivity contribution in [3.63, 3.8) is 0 Å². The van der Waals surface area contributed by atoms with E-state index in [0.717, 1.165) is 31.0 Å². The zero-order chi connectivity index (χ0) is 15.1. The number of likely N-dealkylation sites (tertiary alicyclic amines) is 1. The lowest BCUT2D eigenvalue weighted by atomic mass is 10.1. The van der Waals surface area contributed by atoms with Gasteiger partial charge in [-0.15, -0.1) is 24.0 Å². The molecule has 1 atom stereocenters. The summed E-state index contributed by atoms with van der Waals surface area (Å²) in [4.78, 5) is 6.61. The maximum atomic E-state index is 13.1. The number of nitrogens with zero attached hydrogens (tertiary/aromatic N) is 2. The Bertz CT molecular complexity index is 481. The third-order valence-electron chi connectivity index (χ3n) is 4.00. The van der Waals surface area contributed by atoms with E-state index in [1.165, 1.54) is 25.5 Å². The molecule has 0 aromatic heterocycles. The fourth-order valence-electron chi connectivity index (χ4n) is 2.69. The Labute approximate surface area is 149 Å². The van der Waals surface area contributed by atoms with Gasteiger partial charge in [-0.3, -0.25) is 4.99 Å². The van der Waals surface area contributed by atoms with E-state index >= 15 is 0 Å². The second kappa shape index (κ2) is 9.99. The summed E-state index contributed by atoms with van der Waals surface area (Å²) in [5, 5.41) is 6.64. The van der Waals surface area contributed by atoms with Crippen molar-refractivity contribution in [1.82, 2.24) is 15.5 Å². The number of aliphatic imine (C=N–C) groups is 1. The molecule has 1 aliphatic heterocycles. The van der Waals surface area contributed by atoms with E-state index in [4.69, 9.17) is 0 Å². The number of nitrogens with one attached hydrogen (secondary N) is 2. The van der Waals surface area contributed by atoms with Crippen molar-refractivity contribution in [3.8, 4) is 0 Å². The Morgan fingerprint density at radius 3 is 2.86 bits per heavy atom. The number of hydrogen-bond donors (Lipinski definition) is 2. The van der Waals surface area contributed by atoms with Gasteiger partial charge in [0.15, 0.2) is 5.96 Å². The van der Waals surface area contributed by atoms with Crippen LogP contribution in [0.15, 0.2) is 29.3 Å². The molecule has 6 heteroatoms. The molecule has 2 rings (SSSR count). The summed E-state index contributed by atoms with van der Waals surface area (Å²) in [6, 6.07) is 7.31. The summed E-state index contributed by atoms with van der Waals surface area (Å²) in [5.74, 6) is 0.631. The van der Waals surface area contributed by atoms with E-state index in [2.05, 4.69) is 27.6 Å². The van der Waals surface area contributed by atoms with Gasteiger partial charge < -0.3 is 15.5 Å². The van der Waals surface area contributed by atoms with Crippen molar-refractivity contribution >= 4 is 29.9 Å². The molecule has 1 saturated heterocycles. The van der Waals surface area contributed by atoms with Crippen LogP contribution in [0, 0.1) is 5.82 Å². The molecule has 0 aliphatic carbocycles. The van der Waals surface area contributed by atoms with Crippen molar-refractivity contribution in [1.29, 1.82) is 0 Å². The zero-order valence-corrected chi connectivity index (χ0v) is 15.6. The minimum Gasteiger partial charge on any atom is -0.356 e. The average molecular weight is 420 g/mol. The van der Waals surface area contributed by atoms with E-state index in [1.54, 1.807) is 19.2 Å². The molecule has 1 aliphatic rings. The SMILES string of the molecule is CN=C(NCCc1cccc(F)c1)NCC1CCCN1C.I. The van der Waals surface area contributed by atoms with Crippen LogP contribution < -0.4 is 10.6 Å². The van der Waals surface area contributed by atoms with Crippen LogP contribution in [0.1, 0.15) is 18.4 Å². The van der Waals surface area contributed by atoms with Crippen molar-refractivity contribution in [2.75, 3.05) is 33.7 Å².